The minimum absolute atomic E-state index is 0.0659. The fourth-order valence-corrected chi connectivity index (χ4v) is 3.13. The number of likely N-dealkylation sites (N-methyl/N-ethyl adjacent to an activating group) is 1. The van der Waals surface area contributed by atoms with Gasteiger partial charge >= 0.3 is 0 Å². The summed E-state index contributed by atoms with van der Waals surface area (Å²) >= 11 is 0. The van der Waals surface area contributed by atoms with Crippen molar-refractivity contribution in [1.82, 2.24) is 25.0 Å². The van der Waals surface area contributed by atoms with Crippen molar-refractivity contribution in [3.8, 4) is 0 Å². The summed E-state index contributed by atoms with van der Waals surface area (Å²) in [4.78, 5) is 18.5. The normalized spacial score (nSPS) is 21.8. The summed E-state index contributed by atoms with van der Waals surface area (Å²) in [5.74, 6) is 0.263. The van der Waals surface area contributed by atoms with Gasteiger partial charge in [-0.15, -0.1) is 0 Å². The first-order valence-electron chi connectivity index (χ1n) is 8.12. The number of morpholine rings is 1. The average molecular weight is 333 g/mol. The van der Waals surface area contributed by atoms with Crippen LogP contribution in [0.15, 0.2) is 23.2 Å². The Morgan fingerprint density at radius 2 is 2.33 bits per heavy atom. The van der Waals surface area contributed by atoms with E-state index in [4.69, 9.17) is 9.15 Å². The standard InChI is InChI=1S/C16H23N5O3/c1-4-21-5-6-23-13(15(21)12-7-19-20(3)9-12)8-17-16(22)14-11(2)24-10-18-14/h7,9-10,13,15H,4-6,8H2,1-3H3,(H,17,22)/t13-,15-/m0/s1. The maximum absolute atomic E-state index is 12.2. The van der Waals surface area contributed by atoms with Crippen molar-refractivity contribution in [3.05, 3.63) is 35.8 Å². The molecule has 24 heavy (non-hydrogen) atoms. The molecule has 3 rings (SSSR count). The number of hydrogen-bond acceptors (Lipinski definition) is 6. The van der Waals surface area contributed by atoms with Crippen LogP contribution in [0.25, 0.3) is 0 Å². The van der Waals surface area contributed by atoms with Crippen molar-refractivity contribution in [2.45, 2.75) is 26.0 Å². The summed E-state index contributed by atoms with van der Waals surface area (Å²) in [6.07, 6.45) is 4.99. The van der Waals surface area contributed by atoms with E-state index >= 15 is 0 Å². The SMILES string of the molecule is CCN1CCO[C@@H](CNC(=O)c2ncoc2C)[C@@H]1c1cnn(C)c1. The molecule has 1 aliphatic heterocycles. The lowest BCUT2D eigenvalue weighted by atomic mass is 10.0. The molecular weight excluding hydrogens is 310 g/mol. The van der Waals surface area contributed by atoms with Crippen LogP contribution in [0.5, 0.6) is 0 Å². The summed E-state index contributed by atoms with van der Waals surface area (Å²) < 4.78 is 12.8. The maximum atomic E-state index is 12.2. The third-order valence-electron chi connectivity index (χ3n) is 4.35. The quantitative estimate of drug-likeness (QED) is 0.875. The van der Waals surface area contributed by atoms with Gasteiger partial charge in [-0.25, -0.2) is 4.98 Å². The predicted octanol–water partition coefficient (Wildman–Crippen LogP) is 0.908. The minimum atomic E-state index is -0.247. The summed E-state index contributed by atoms with van der Waals surface area (Å²) in [5.41, 5.74) is 1.41. The second kappa shape index (κ2) is 7.14. The van der Waals surface area contributed by atoms with E-state index < -0.39 is 0 Å². The van der Waals surface area contributed by atoms with Gasteiger partial charge in [0.2, 0.25) is 0 Å². The van der Waals surface area contributed by atoms with Crippen molar-refractivity contribution in [3.63, 3.8) is 0 Å². The fraction of sp³-hybridized carbons (Fsp3) is 0.562. The van der Waals surface area contributed by atoms with E-state index in [1.54, 1.807) is 11.6 Å². The van der Waals surface area contributed by atoms with Gasteiger partial charge in [-0.05, 0) is 13.5 Å². The molecule has 1 N–H and O–H groups in total. The number of nitrogens with one attached hydrogen (secondary N) is 1. The molecule has 3 heterocycles. The molecule has 0 bridgehead atoms. The van der Waals surface area contributed by atoms with E-state index in [1.165, 1.54) is 6.39 Å². The van der Waals surface area contributed by atoms with Crippen LogP contribution in [0.2, 0.25) is 0 Å². The van der Waals surface area contributed by atoms with Gasteiger partial charge in [-0.1, -0.05) is 6.92 Å². The van der Waals surface area contributed by atoms with Gasteiger partial charge in [0.15, 0.2) is 12.1 Å². The molecule has 2 aromatic rings. The first kappa shape index (κ1) is 16.7. The minimum Gasteiger partial charge on any atom is -0.448 e. The molecule has 8 heteroatoms. The van der Waals surface area contributed by atoms with Crippen molar-refractivity contribution >= 4 is 5.91 Å². The molecule has 0 saturated carbocycles. The third kappa shape index (κ3) is 3.34. The monoisotopic (exact) mass is 333 g/mol. The molecule has 0 spiro atoms. The van der Waals surface area contributed by atoms with E-state index in [1.807, 2.05) is 19.4 Å². The number of amides is 1. The molecule has 0 radical (unpaired) electrons. The Morgan fingerprint density at radius 1 is 1.50 bits per heavy atom. The van der Waals surface area contributed by atoms with Gasteiger partial charge < -0.3 is 14.5 Å². The summed E-state index contributed by atoms with van der Waals surface area (Å²) in [6.45, 7) is 6.67. The molecule has 130 valence electrons. The number of aromatic nitrogens is 3. The lowest BCUT2D eigenvalue weighted by molar-refractivity contribution is -0.0685. The second-order valence-electron chi connectivity index (χ2n) is 5.90. The zero-order valence-electron chi connectivity index (χ0n) is 14.2. The van der Waals surface area contributed by atoms with Crippen molar-refractivity contribution in [2.75, 3.05) is 26.2 Å². The Morgan fingerprint density at radius 3 is 2.96 bits per heavy atom. The molecule has 2 atom stereocenters. The third-order valence-corrected chi connectivity index (χ3v) is 4.35. The number of carbonyl (C=O) groups is 1. The lowest BCUT2D eigenvalue weighted by Crippen LogP contribution is -2.49. The van der Waals surface area contributed by atoms with Crippen LogP contribution in [0.1, 0.15) is 34.8 Å². The number of carbonyl (C=O) groups excluding carboxylic acids is 1. The molecule has 0 aromatic carbocycles. The Hall–Kier alpha value is -2.19. The van der Waals surface area contributed by atoms with Crippen molar-refractivity contribution in [2.24, 2.45) is 7.05 Å². The zero-order chi connectivity index (χ0) is 17.1. The van der Waals surface area contributed by atoms with Gasteiger partial charge in [0, 0.05) is 31.9 Å². The second-order valence-corrected chi connectivity index (χ2v) is 5.90. The predicted molar refractivity (Wildman–Crippen MR) is 86.5 cm³/mol. The molecule has 1 aliphatic rings. The van der Waals surface area contributed by atoms with Crippen molar-refractivity contribution in [1.29, 1.82) is 0 Å². The van der Waals surface area contributed by atoms with E-state index in [-0.39, 0.29) is 18.1 Å². The zero-order valence-corrected chi connectivity index (χ0v) is 14.2. The molecule has 0 unspecified atom stereocenters. The summed E-state index contributed by atoms with van der Waals surface area (Å²) in [6, 6.07) is 0.0659. The average Bonchev–Trinajstić information content (AvgIpc) is 3.20. The molecule has 1 saturated heterocycles. The van der Waals surface area contributed by atoms with Crippen LogP contribution in [-0.4, -0.2) is 57.9 Å². The van der Waals surface area contributed by atoms with Gasteiger partial charge in [-0.3, -0.25) is 14.4 Å². The van der Waals surface area contributed by atoms with Gasteiger partial charge in [-0.2, -0.15) is 5.10 Å². The Bertz CT molecular complexity index is 695. The smallest absolute Gasteiger partial charge is 0.273 e. The summed E-state index contributed by atoms with van der Waals surface area (Å²) in [7, 11) is 1.90. The van der Waals surface area contributed by atoms with Crippen LogP contribution >= 0.6 is 0 Å². The highest BCUT2D eigenvalue weighted by atomic mass is 16.5. The molecule has 8 nitrogen and oxygen atoms in total. The number of rotatable bonds is 5. The van der Waals surface area contributed by atoms with E-state index in [0.29, 0.717) is 24.6 Å². The fourth-order valence-electron chi connectivity index (χ4n) is 3.13. The first-order chi connectivity index (χ1) is 11.6. The van der Waals surface area contributed by atoms with Crippen LogP contribution in [-0.2, 0) is 11.8 Å². The number of ether oxygens (including phenoxy) is 1. The largest absolute Gasteiger partial charge is 0.448 e. The van der Waals surface area contributed by atoms with Crippen LogP contribution in [0, 0.1) is 6.92 Å². The highest BCUT2D eigenvalue weighted by Crippen LogP contribution is 2.28. The van der Waals surface area contributed by atoms with E-state index in [2.05, 4.69) is 27.2 Å². The highest BCUT2D eigenvalue weighted by molar-refractivity contribution is 5.93. The van der Waals surface area contributed by atoms with Gasteiger partial charge in [0.1, 0.15) is 5.76 Å². The maximum Gasteiger partial charge on any atom is 0.273 e. The number of nitrogens with zero attached hydrogens (tertiary/aromatic N) is 4. The Kier molecular flexibility index (Phi) is 4.96. The topological polar surface area (TPSA) is 85.4 Å². The molecule has 1 fully saturated rings. The van der Waals surface area contributed by atoms with E-state index in [9.17, 15) is 4.79 Å². The van der Waals surface area contributed by atoms with Gasteiger partial charge in [0.25, 0.3) is 5.91 Å². The lowest BCUT2D eigenvalue weighted by Gasteiger charge is -2.40. The van der Waals surface area contributed by atoms with Crippen LogP contribution in [0.4, 0.5) is 0 Å². The molecule has 1 amide bonds. The van der Waals surface area contributed by atoms with Gasteiger partial charge in [0.05, 0.1) is 24.9 Å². The number of oxazole rings is 1. The molecule has 2 aromatic heterocycles. The Balaban J connectivity index is 1.72. The number of aryl methyl sites for hydroxylation is 2. The number of hydrogen-bond donors (Lipinski definition) is 1. The van der Waals surface area contributed by atoms with E-state index in [0.717, 1.165) is 18.7 Å². The van der Waals surface area contributed by atoms with Crippen LogP contribution in [0.3, 0.4) is 0 Å². The summed E-state index contributed by atoms with van der Waals surface area (Å²) in [5, 5.41) is 7.17. The molecule has 0 aliphatic carbocycles. The Labute approximate surface area is 140 Å². The molecular formula is C16H23N5O3. The first-order valence-corrected chi connectivity index (χ1v) is 8.12. The highest BCUT2D eigenvalue weighted by Gasteiger charge is 2.34. The van der Waals surface area contributed by atoms with Crippen LogP contribution < -0.4 is 5.32 Å². The van der Waals surface area contributed by atoms with Crippen molar-refractivity contribution < 1.29 is 13.9 Å².